The van der Waals surface area contributed by atoms with Crippen molar-refractivity contribution in [3.63, 3.8) is 0 Å². The summed E-state index contributed by atoms with van der Waals surface area (Å²) < 4.78 is 0. The van der Waals surface area contributed by atoms with E-state index in [1.165, 1.54) is 5.06 Å². The molecule has 0 aliphatic rings. The van der Waals surface area contributed by atoms with Gasteiger partial charge in [-0.15, -0.1) is 0 Å². The van der Waals surface area contributed by atoms with Crippen molar-refractivity contribution in [3.8, 4) is 0 Å². The second-order valence-corrected chi connectivity index (χ2v) is 7.85. The van der Waals surface area contributed by atoms with Crippen LogP contribution in [0.15, 0.2) is 97.2 Å². The number of rotatable bonds is 7. The fraction of sp³-hybridized carbons (Fsp3) is 0.115. The average molecular weight is 431 g/mol. The third-order valence-electron chi connectivity index (χ3n) is 5.10. The van der Waals surface area contributed by atoms with E-state index in [4.69, 9.17) is 16.4 Å². The molecule has 0 saturated carbocycles. The average Bonchev–Trinajstić information content (AvgIpc) is 3.19. The predicted molar refractivity (Wildman–Crippen MR) is 124 cm³/mol. The van der Waals surface area contributed by atoms with E-state index in [1.807, 2.05) is 85.1 Å². The van der Waals surface area contributed by atoms with Gasteiger partial charge in [-0.2, -0.15) is 0 Å². The van der Waals surface area contributed by atoms with Gasteiger partial charge in [-0.25, -0.2) is 5.06 Å². The third kappa shape index (κ3) is 4.55. The molecule has 1 heterocycles. The summed E-state index contributed by atoms with van der Waals surface area (Å²) in [6.07, 6.45) is 1.91. The highest BCUT2D eigenvalue weighted by molar-refractivity contribution is 6.31. The number of nitrogens with zero attached hydrogens (tertiary/aromatic N) is 1. The number of halogens is 1. The topological polar surface area (TPSA) is 45.3 Å². The van der Waals surface area contributed by atoms with E-state index in [0.717, 1.165) is 27.6 Å². The summed E-state index contributed by atoms with van der Waals surface area (Å²) in [5.41, 5.74) is 4.12. The van der Waals surface area contributed by atoms with E-state index >= 15 is 0 Å². The zero-order chi connectivity index (χ0) is 21.8. The lowest BCUT2D eigenvalue weighted by molar-refractivity contribution is -0.198. The van der Waals surface area contributed by atoms with Gasteiger partial charge in [0.05, 0.1) is 0 Å². The molecule has 0 fully saturated rings. The smallest absolute Gasteiger partial charge is 0.273 e. The minimum absolute atomic E-state index is 0.261. The van der Waals surface area contributed by atoms with Gasteiger partial charge < -0.3 is 4.98 Å². The first-order valence-electron chi connectivity index (χ1n) is 10.0. The summed E-state index contributed by atoms with van der Waals surface area (Å²) in [7, 11) is 0. The number of H-pyrrole nitrogens is 1. The normalized spacial score (nSPS) is 11.9. The number of nitrogens with one attached hydrogen (secondary N) is 1. The number of amides is 1. The number of hydrogen-bond donors (Lipinski definition) is 1. The lowest BCUT2D eigenvalue weighted by atomic mass is 9.97. The highest BCUT2D eigenvalue weighted by Crippen LogP contribution is 2.35. The Morgan fingerprint density at radius 3 is 2.42 bits per heavy atom. The molecule has 5 heteroatoms. The first-order valence-corrected chi connectivity index (χ1v) is 10.4. The second kappa shape index (κ2) is 9.21. The molecule has 0 bridgehead atoms. The maximum atomic E-state index is 13.2. The second-order valence-electron chi connectivity index (χ2n) is 7.42. The number of hydroxylamine groups is 2. The highest BCUT2D eigenvalue weighted by Gasteiger charge is 2.30. The standard InChI is InChI=1S/C26H23ClN2O2/c1-18(2)26(30)29(31-17-19-9-5-3-6-10-19)25(20-11-7-4-8-12-20)23-16-28-24-15-21(27)13-14-22(23)24/h3-16,25,28H,1,17H2,2H3. The summed E-state index contributed by atoms with van der Waals surface area (Å²) in [5, 5.41) is 3.05. The first-order chi connectivity index (χ1) is 15.0. The zero-order valence-electron chi connectivity index (χ0n) is 17.2. The quantitative estimate of drug-likeness (QED) is 0.270. The van der Waals surface area contributed by atoms with Gasteiger partial charge in [0.15, 0.2) is 0 Å². The lowest BCUT2D eigenvalue weighted by Gasteiger charge is -2.31. The molecule has 0 spiro atoms. The van der Waals surface area contributed by atoms with E-state index in [2.05, 4.69) is 11.6 Å². The van der Waals surface area contributed by atoms with E-state index in [1.54, 1.807) is 6.92 Å². The molecule has 31 heavy (non-hydrogen) atoms. The van der Waals surface area contributed by atoms with Crippen molar-refractivity contribution < 1.29 is 9.63 Å². The molecule has 4 rings (SSSR count). The van der Waals surface area contributed by atoms with Crippen LogP contribution < -0.4 is 0 Å². The Labute approximate surface area is 186 Å². The summed E-state index contributed by atoms with van der Waals surface area (Å²) in [5.74, 6) is -0.270. The molecule has 156 valence electrons. The van der Waals surface area contributed by atoms with Crippen LogP contribution >= 0.6 is 11.6 Å². The minimum Gasteiger partial charge on any atom is -0.361 e. The Balaban J connectivity index is 1.81. The van der Waals surface area contributed by atoms with Crippen molar-refractivity contribution in [2.75, 3.05) is 0 Å². The first kappa shape index (κ1) is 20.9. The summed E-state index contributed by atoms with van der Waals surface area (Å²) >= 11 is 6.18. The molecule has 0 radical (unpaired) electrons. The van der Waals surface area contributed by atoms with Crippen molar-refractivity contribution in [2.45, 2.75) is 19.6 Å². The van der Waals surface area contributed by atoms with Gasteiger partial charge >= 0.3 is 0 Å². The fourth-order valence-corrected chi connectivity index (χ4v) is 3.75. The molecule has 1 unspecified atom stereocenters. The van der Waals surface area contributed by atoms with Crippen LogP contribution in [0.1, 0.15) is 29.7 Å². The number of aromatic amines is 1. The molecule has 1 N–H and O–H groups in total. The van der Waals surface area contributed by atoms with Crippen molar-refractivity contribution in [1.82, 2.24) is 10.0 Å². The number of fused-ring (bicyclic) bond motifs is 1. The van der Waals surface area contributed by atoms with Gasteiger partial charge in [-0.1, -0.05) is 84.9 Å². The molecular formula is C26H23ClN2O2. The molecule has 1 amide bonds. The number of hydrogen-bond acceptors (Lipinski definition) is 2. The van der Waals surface area contributed by atoms with Crippen LogP contribution in [-0.4, -0.2) is 16.0 Å². The van der Waals surface area contributed by atoms with E-state index in [0.29, 0.717) is 10.6 Å². The Kier molecular flexibility index (Phi) is 6.21. The SMILES string of the molecule is C=C(C)C(=O)N(OCc1ccccc1)C(c1ccccc1)c1c[nH]c2cc(Cl)ccc12. The van der Waals surface area contributed by atoms with E-state index in [-0.39, 0.29) is 12.5 Å². The molecule has 3 aromatic carbocycles. The monoisotopic (exact) mass is 430 g/mol. The molecule has 4 nitrogen and oxygen atoms in total. The van der Waals surface area contributed by atoms with Gasteiger partial charge in [-0.3, -0.25) is 9.63 Å². The summed E-state index contributed by atoms with van der Waals surface area (Å²) in [4.78, 5) is 22.7. The van der Waals surface area contributed by atoms with Gasteiger partial charge in [0.1, 0.15) is 12.6 Å². The van der Waals surface area contributed by atoms with Crippen molar-refractivity contribution >= 4 is 28.4 Å². The van der Waals surface area contributed by atoms with E-state index < -0.39 is 6.04 Å². The van der Waals surface area contributed by atoms with Crippen molar-refractivity contribution in [2.24, 2.45) is 0 Å². The van der Waals surface area contributed by atoms with Crippen LogP contribution in [0, 0.1) is 0 Å². The van der Waals surface area contributed by atoms with Crippen LogP contribution in [0.4, 0.5) is 0 Å². The minimum atomic E-state index is -0.468. The molecule has 0 saturated heterocycles. The number of carbonyl (C=O) groups excluding carboxylic acids is 1. The summed E-state index contributed by atoms with van der Waals surface area (Å²) in [6, 6.07) is 24.8. The third-order valence-corrected chi connectivity index (χ3v) is 5.33. The van der Waals surface area contributed by atoms with Gasteiger partial charge in [0.25, 0.3) is 5.91 Å². The number of aromatic nitrogens is 1. The number of benzene rings is 3. The summed E-state index contributed by atoms with van der Waals surface area (Å²) in [6.45, 7) is 5.82. The predicted octanol–water partition coefficient (Wildman–Crippen LogP) is 6.45. The largest absolute Gasteiger partial charge is 0.361 e. The maximum absolute atomic E-state index is 13.2. The highest BCUT2D eigenvalue weighted by atomic mass is 35.5. The Morgan fingerprint density at radius 2 is 1.74 bits per heavy atom. The molecule has 4 aromatic rings. The van der Waals surface area contributed by atoms with Crippen LogP contribution in [0.2, 0.25) is 5.02 Å². The van der Waals surface area contributed by atoms with Crippen molar-refractivity contribution in [3.05, 3.63) is 119 Å². The number of carbonyl (C=O) groups is 1. The molecule has 1 atom stereocenters. The molecule has 0 aliphatic heterocycles. The van der Waals surface area contributed by atoms with Gasteiger partial charge in [0.2, 0.25) is 0 Å². The molecular weight excluding hydrogens is 408 g/mol. The Hall–Kier alpha value is -3.34. The maximum Gasteiger partial charge on any atom is 0.273 e. The van der Waals surface area contributed by atoms with Gasteiger partial charge in [0, 0.05) is 33.3 Å². The molecule has 0 aliphatic carbocycles. The van der Waals surface area contributed by atoms with Crippen LogP contribution in [-0.2, 0) is 16.2 Å². The van der Waals surface area contributed by atoms with Gasteiger partial charge in [-0.05, 0) is 30.2 Å². The molecule has 1 aromatic heterocycles. The van der Waals surface area contributed by atoms with Crippen LogP contribution in [0.25, 0.3) is 10.9 Å². The van der Waals surface area contributed by atoms with Crippen LogP contribution in [0.5, 0.6) is 0 Å². The Morgan fingerprint density at radius 1 is 1.06 bits per heavy atom. The van der Waals surface area contributed by atoms with E-state index in [9.17, 15) is 4.79 Å². The Bertz CT molecular complexity index is 1200. The van der Waals surface area contributed by atoms with Crippen molar-refractivity contribution in [1.29, 1.82) is 0 Å². The fourth-order valence-electron chi connectivity index (χ4n) is 3.58. The lowest BCUT2D eigenvalue weighted by Crippen LogP contribution is -2.36. The zero-order valence-corrected chi connectivity index (χ0v) is 18.0. The van der Waals surface area contributed by atoms with Crippen LogP contribution in [0.3, 0.4) is 0 Å².